The summed E-state index contributed by atoms with van der Waals surface area (Å²) < 4.78 is 19.9. The molecule has 1 aromatic rings. The molecule has 0 radical (unpaired) electrons. The van der Waals surface area contributed by atoms with Crippen LogP contribution in [0.5, 0.6) is 11.5 Å². The van der Waals surface area contributed by atoms with Gasteiger partial charge in [0.15, 0.2) is 6.61 Å². The van der Waals surface area contributed by atoms with Gasteiger partial charge in [-0.25, -0.2) is 4.79 Å². The van der Waals surface area contributed by atoms with E-state index in [1.807, 2.05) is 0 Å². The number of esters is 1. The first-order valence-electron chi connectivity index (χ1n) is 6.92. The topological polar surface area (TPSA) is 83.1 Å². The predicted octanol–water partition coefficient (Wildman–Crippen LogP) is 1.02. The normalized spacial score (nSPS) is 10.4. The molecule has 1 amide bonds. The Morgan fingerprint density at radius 2 is 1.74 bits per heavy atom. The van der Waals surface area contributed by atoms with E-state index in [1.54, 1.807) is 38.5 Å². The lowest BCUT2D eigenvalue weighted by Crippen LogP contribution is -2.31. The SMILES string of the molecule is COCCNC(=O)COC(=O)/C=C/c1cc(OC)cc(OC)c1. The summed E-state index contributed by atoms with van der Waals surface area (Å²) in [6, 6.07) is 5.20. The van der Waals surface area contributed by atoms with Gasteiger partial charge in [0.2, 0.25) is 0 Å². The number of ether oxygens (including phenoxy) is 4. The van der Waals surface area contributed by atoms with Crippen LogP contribution in [0, 0.1) is 0 Å². The van der Waals surface area contributed by atoms with E-state index >= 15 is 0 Å². The fraction of sp³-hybridized carbons (Fsp3) is 0.375. The number of nitrogens with one attached hydrogen (secondary N) is 1. The molecule has 0 spiro atoms. The Morgan fingerprint density at radius 3 is 2.30 bits per heavy atom. The Bertz CT molecular complexity index is 533. The molecule has 7 nitrogen and oxygen atoms in total. The first-order chi connectivity index (χ1) is 11.1. The number of rotatable bonds is 9. The van der Waals surface area contributed by atoms with Crippen LogP contribution < -0.4 is 14.8 Å². The molecule has 1 rings (SSSR count). The average Bonchev–Trinajstić information content (AvgIpc) is 2.57. The number of carbonyl (C=O) groups excluding carboxylic acids is 2. The van der Waals surface area contributed by atoms with E-state index in [4.69, 9.17) is 18.9 Å². The minimum Gasteiger partial charge on any atom is -0.497 e. The number of methoxy groups -OCH3 is 3. The summed E-state index contributed by atoms with van der Waals surface area (Å²) in [5.74, 6) is 0.213. The second-order valence-electron chi connectivity index (χ2n) is 4.43. The molecule has 0 unspecified atom stereocenters. The van der Waals surface area contributed by atoms with E-state index in [2.05, 4.69) is 5.32 Å². The van der Waals surface area contributed by atoms with Crippen LogP contribution >= 0.6 is 0 Å². The lowest BCUT2D eigenvalue weighted by molar-refractivity contribution is -0.143. The Kier molecular flexibility index (Phi) is 8.23. The van der Waals surface area contributed by atoms with Gasteiger partial charge >= 0.3 is 5.97 Å². The molecule has 0 aromatic heterocycles. The molecular weight excluding hydrogens is 302 g/mol. The van der Waals surface area contributed by atoms with Crippen molar-refractivity contribution in [3.63, 3.8) is 0 Å². The molecule has 0 bridgehead atoms. The Hall–Kier alpha value is -2.54. The number of hydrogen-bond acceptors (Lipinski definition) is 6. The van der Waals surface area contributed by atoms with Crippen LogP contribution in [0.1, 0.15) is 5.56 Å². The molecule has 0 fully saturated rings. The van der Waals surface area contributed by atoms with E-state index in [-0.39, 0.29) is 12.5 Å². The van der Waals surface area contributed by atoms with Crippen LogP contribution in [0.3, 0.4) is 0 Å². The van der Waals surface area contributed by atoms with Crippen LogP contribution in [-0.2, 0) is 19.1 Å². The molecule has 1 N–H and O–H groups in total. The molecule has 0 heterocycles. The summed E-state index contributed by atoms with van der Waals surface area (Å²) in [7, 11) is 4.61. The molecule has 0 atom stereocenters. The standard InChI is InChI=1S/C16H21NO6/c1-20-7-6-17-15(18)11-23-16(19)5-4-12-8-13(21-2)10-14(9-12)22-3/h4-5,8-10H,6-7,11H2,1-3H3,(H,17,18)/b5-4+. The minimum absolute atomic E-state index is 0.339. The monoisotopic (exact) mass is 323 g/mol. The van der Waals surface area contributed by atoms with Crippen LogP contribution in [0.15, 0.2) is 24.3 Å². The highest BCUT2D eigenvalue weighted by atomic mass is 16.5. The van der Waals surface area contributed by atoms with Gasteiger partial charge in [0.25, 0.3) is 5.91 Å². The average molecular weight is 323 g/mol. The molecule has 23 heavy (non-hydrogen) atoms. The van der Waals surface area contributed by atoms with Crippen LogP contribution in [0.4, 0.5) is 0 Å². The van der Waals surface area contributed by atoms with Crippen LogP contribution in [-0.4, -0.2) is 53.0 Å². The van der Waals surface area contributed by atoms with Gasteiger partial charge in [-0.3, -0.25) is 4.79 Å². The molecular formula is C16H21NO6. The maximum Gasteiger partial charge on any atom is 0.331 e. The fourth-order valence-electron chi connectivity index (χ4n) is 1.62. The van der Waals surface area contributed by atoms with Crippen molar-refractivity contribution in [3.05, 3.63) is 29.8 Å². The summed E-state index contributed by atoms with van der Waals surface area (Å²) in [6.07, 6.45) is 2.78. The van der Waals surface area contributed by atoms with Crippen LogP contribution in [0.25, 0.3) is 6.08 Å². The maximum absolute atomic E-state index is 11.6. The van der Waals surface area contributed by atoms with E-state index in [1.165, 1.54) is 13.2 Å². The first-order valence-corrected chi connectivity index (χ1v) is 6.92. The third kappa shape index (κ3) is 7.32. The lowest BCUT2D eigenvalue weighted by Gasteiger charge is -2.06. The van der Waals surface area contributed by atoms with Crippen molar-refractivity contribution >= 4 is 18.0 Å². The maximum atomic E-state index is 11.6. The summed E-state index contributed by atoms with van der Waals surface area (Å²) >= 11 is 0. The zero-order valence-corrected chi connectivity index (χ0v) is 13.5. The number of carbonyl (C=O) groups is 2. The van der Waals surface area contributed by atoms with Crippen molar-refractivity contribution in [1.82, 2.24) is 5.32 Å². The van der Waals surface area contributed by atoms with Gasteiger partial charge in [0.05, 0.1) is 20.8 Å². The van der Waals surface area contributed by atoms with Gasteiger partial charge in [0, 0.05) is 25.8 Å². The summed E-state index contributed by atoms with van der Waals surface area (Å²) in [5.41, 5.74) is 0.711. The highest BCUT2D eigenvalue weighted by Gasteiger charge is 2.05. The van der Waals surface area contributed by atoms with Crippen LogP contribution in [0.2, 0.25) is 0 Å². The zero-order chi connectivity index (χ0) is 17.1. The largest absolute Gasteiger partial charge is 0.497 e. The van der Waals surface area contributed by atoms with Crippen molar-refractivity contribution in [2.45, 2.75) is 0 Å². The molecule has 0 aliphatic carbocycles. The van der Waals surface area contributed by atoms with Crippen molar-refractivity contribution in [3.8, 4) is 11.5 Å². The van der Waals surface area contributed by atoms with Crippen molar-refractivity contribution in [1.29, 1.82) is 0 Å². The molecule has 7 heteroatoms. The molecule has 1 aromatic carbocycles. The molecule has 0 saturated carbocycles. The third-order valence-electron chi connectivity index (χ3n) is 2.76. The quantitative estimate of drug-likeness (QED) is 0.415. The second-order valence-corrected chi connectivity index (χ2v) is 4.43. The first kappa shape index (κ1) is 18.5. The Labute approximate surface area is 135 Å². The number of amides is 1. The van der Waals surface area contributed by atoms with Gasteiger partial charge in [-0.1, -0.05) is 0 Å². The molecule has 0 saturated heterocycles. The lowest BCUT2D eigenvalue weighted by atomic mass is 10.2. The Morgan fingerprint density at radius 1 is 1.09 bits per heavy atom. The summed E-state index contributed by atoms with van der Waals surface area (Å²) in [5, 5.41) is 2.54. The van der Waals surface area contributed by atoms with Gasteiger partial charge in [-0.15, -0.1) is 0 Å². The highest BCUT2D eigenvalue weighted by Crippen LogP contribution is 2.23. The van der Waals surface area contributed by atoms with Gasteiger partial charge in [-0.05, 0) is 23.8 Å². The fourth-order valence-corrected chi connectivity index (χ4v) is 1.62. The van der Waals surface area contributed by atoms with Gasteiger partial charge in [-0.2, -0.15) is 0 Å². The van der Waals surface area contributed by atoms with Crippen molar-refractivity contribution < 1.29 is 28.5 Å². The third-order valence-corrected chi connectivity index (χ3v) is 2.76. The summed E-state index contributed by atoms with van der Waals surface area (Å²) in [6.45, 7) is 0.428. The Balaban J connectivity index is 2.50. The van der Waals surface area contributed by atoms with Crippen molar-refractivity contribution in [2.75, 3.05) is 41.1 Å². The molecule has 0 aliphatic heterocycles. The second kappa shape index (κ2) is 10.2. The van der Waals surface area contributed by atoms with E-state index < -0.39 is 5.97 Å². The number of hydrogen-bond donors (Lipinski definition) is 1. The van der Waals surface area contributed by atoms with E-state index in [9.17, 15) is 9.59 Å². The zero-order valence-electron chi connectivity index (χ0n) is 13.5. The van der Waals surface area contributed by atoms with Crippen molar-refractivity contribution in [2.24, 2.45) is 0 Å². The highest BCUT2D eigenvalue weighted by molar-refractivity contribution is 5.89. The predicted molar refractivity (Wildman–Crippen MR) is 84.4 cm³/mol. The van der Waals surface area contributed by atoms with Gasteiger partial charge < -0.3 is 24.3 Å². The minimum atomic E-state index is -0.617. The molecule has 0 aliphatic rings. The summed E-state index contributed by atoms with van der Waals surface area (Å²) in [4.78, 5) is 22.9. The number of benzene rings is 1. The smallest absolute Gasteiger partial charge is 0.331 e. The van der Waals surface area contributed by atoms with Gasteiger partial charge in [0.1, 0.15) is 11.5 Å². The van der Waals surface area contributed by atoms with E-state index in [0.29, 0.717) is 30.2 Å². The van der Waals surface area contributed by atoms with E-state index in [0.717, 1.165) is 0 Å². The molecule has 126 valence electrons.